The first-order chi connectivity index (χ1) is 8.97. The molecule has 1 amide bonds. The van der Waals surface area contributed by atoms with Gasteiger partial charge in [0.1, 0.15) is 5.69 Å². The summed E-state index contributed by atoms with van der Waals surface area (Å²) in [7, 11) is 1.62. The fourth-order valence-electron chi connectivity index (χ4n) is 1.55. The SMILES string of the molecule is Cn1cc(NC(=O)c2ccc(C(=O)O)cc2)c(=O)[nH]1. The molecule has 1 aromatic heterocycles. The van der Waals surface area contributed by atoms with Crippen LogP contribution in [0.1, 0.15) is 20.7 Å². The van der Waals surface area contributed by atoms with Crippen molar-refractivity contribution in [3.05, 3.63) is 51.9 Å². The summed E-state index contributed by atoms with van der Waals surface area (Å²) in [5, 5.41) is 13.6. The van der Waals surface area contributed by atoms with Gasteiger partial charge in [-0.25, -0.2) is 4.79 Å². The van der Waals surface area contributed by atoms with Crippen molar-refractivity contribution in [1.82, 2.24) is 9.78 Å². The van der Waals surface area contributed by atoms with Gasteiger partial charge in [0.25, 0.3) is 11.5 Å². The first kappa shape index (κ1) is 12.6. The molecule has 0 aliphatic rings. The van der Waals surface area contributed by atoms with Gasteiger partial charge < -0.3 is 10.4 Å². The number of carboxylic acids is 1. The van der Waals surface area contributed by atoms with Gasteiger partial charge in [0.15, 0.2) is 0 Å². The number of carbonyl (C=O) groups excluding carboxylic acids is 1. The lowest BCUT2D eigenvalue weighted by Crippen LogP contribution is -2.17. The lowest BCUT2D eigenvalue weighted by Gasteiger charge is -2.02. The Morgan fingerprint density at radius 2 is 1.79 bits per heavy atom. The summed E-state index contributed by atoms with van der Waals surface area (Å²) in [5.74, 6) is -1.54. The molecule has 19 heavy (non-hydrogen) atoms. The molecule has 1 aromatic carbocycles. The van der Waals surface area contributed by atoms with Crippen molar-refractivity contribution >= 4 is 17.6 Å². The minimum Gasteiger partial charge on any atom is -0.478 e. The zero-order valence-corrected chi connectivity index (χ0v) is 10.0. The van der Waals surface area contributed by atoms with E-state index in [1.807, 2.05) is 0 Å². The normalized spacial score (nSPS) is 10.2. The van der Waals surface area contributed by atoms with Gasteiger partial charge in [0.2, 0.25) is 0 Å². The number of aryl methyl sites for hydroxylation is 1. The van der Waals surface area contributed by atoms with E-state index in [1.165, 1.54) is 35.1 Å². The van der Waals surface area contributed by atoms with Crippen molar-refractivity contribution in [2.24, 2.45) is 7.05 Å². The molecule has 0 saturated heterocycles. The summed E-state index contributed by atoms with van der Waals surface area (Å²) in [4.78, 5) is 33.9. The smallest absolute Gasteiger partial charge is 0.335 e. The Hall–Kier alpha value is -2.83. The highest BCUT2D eigenvalue weighted by Gasteiger charge is 2.10. The van der Waals surface area contributed by atoms with Crippen LogP contribution in [0.3, 0.4) is 0 Å². The number of aromatic amines is 1. The van der Waals surface area contributed by atoms with E-state index >= 15 is 0 Å². The lowest BCUT2D eigenvalue weighted by molar-refractivity contribution is 0.0696. The van der Waals surface area contributed by atoms with Crippen molar-refractivity contribution in [2.45, 2.75) is 0 Å². The summed E-state index contributed by atoms with van der Waals surface area (Å²) in [5.41, 5.74) is 0.0928. The van der Waals surface area contributed by atoms with Crippen LogP contribution in [0.15, 0.2) is 35.3 Å². The number of amides is 1. The molecule has 3 N–H and O–H groups in total. The first-order valence-electron chi connectivity index (χ1n) is 5.38. The molecule has 1 heterocycles. The molecule has 2 rings (SSSR count). The third kappa shape index (κ3) is 2.71. The molecule has 0 spiro atoms. The highest BCUT2D eigenvalue weighted by atomic mass is 16.4. The second-order valence-corrected chi connectivity index (χ2v) is 3.93. The number of H-pyrrole nitrogens is 1. The maximum atomic E-state index is 11.8. The predicted octanol–water partition coefficient (Wildman–Crippen LogP) is 0.664. The largest absolute Gasteiger partial charge is 0.478 e. The van der Waals surface area contributed by atoms with Crippen molar-refractivity contribution in [1.29, 1.82) is 0 Å². The van der Waals surface area contributed by atoms with E-state index in [-0.39, 0.29) is 16.8 Å². The standard InChI is InChI=1S/C12H11N3O4/c1-15-6-9(11(17)14-15)13-10(16)7-2-4-8(5-3-7)12(18)19/h2-6H,1H3,(H,13,16)(H,14,17)(H,18,19). The summed E-state index contributed by atoms with van der Waals surface area (Å²) >= 11 is 0. The van der Waals surface area contributed by atoms with Gasteiger partial charge in [-0.2, -0.15) is 0 Å². The Morgan fingerprint density at radius 1 is 1.21 bits per heavy atom. The van der Waals surface area contributed by atoms with Crippen LogP contribution in [-0.2, 0) is 7.05 Å². The average molecular weight is 261 g/mol. The Labute approximate surface area is 107 Å². The molecule has 7 heteroatoms. The minimum atomic E-state index is -1.06. The number of nitrogens with one attached hydrogen (secondary N) is 2. The molecule has 7 nitrogen and oxygen atoms in total. The van der Waals surface area contributed by atoms with Crippen LogP contribution in [0, 0.1) is 0 Å². The van der Waals surface area contributed by atoms with Crippen LogP contribution < -0.4 is 10.9 Å². The fraction of sp³-hybridized carbons (Fsp3) is 0.0833. The van der Waals surface area contributed by atoms with E-state index in [4.69, 9.17) is 5.11 Å². The van der Waals surface area contributed by atoms with Gasteiger partial charge in [0.05, 0.1) is 11.8 Å². The van der Waals surface area contributed by atoms with Crippen molar-refractivity contribution in [3.8, 4) is 0 Å². The van der Waals surface area contributed by atoms with Gasteiger partial charge in [-0.3, -0.25) is 19.4 Å². The van der Waals surface area contributed by atoms with E-state index in [1.54, 1.807) is 7.05 Å². The Morgan fingerprint density at radius 3 is 2.26 bits per heavy atom. The maximum Gasteiger partial charge on any atom is 0.335 e. The van der Waals surface area contributed by atoms with Crippen LogP contribution in [-0.4, -0.2) is 26.8 Å². The summed E-state index contributed by atoms with van der Waals surface area (Å²) in [6.07, 6.45) is 1.45. The van der Waals surface area contributed by atoms with Crippen LogP contribution in [0.2, 0.25) is 0 Å². The molecule has 0 bridgehead atoms. The molecule has 0 aliphatic heterocycles. The number of carbonyl (C=O) groups is 2. The quantitative estimate of drug-likeness (QED) is 0.755. The van der Waals surface area contributed by atoms with Crippen molar-refractivity contribution in [3.63, 3.8) is 0 Å². The van der Waals surface area contributed by atoms with Gasteiger partial charge in [-0.05, 0) is 24.3 Å². The zero-order chi connectivity index (χ0) is 14.0. The third-order valence-electron chi connectivity index (χ3n) is 2.49. The maximum absolute atomic E-state index is 11.8. The summed E-state index contributed by atoms with van der Waals surface area (Å²) in [6.45, 7) is 0. The number of hydrogen-bond acceptors (Lipinski definition) is 3. The number of carboxylic acid groups (broad SMARTS) is 1. The van der Waals surface area contributed by atoms with Gasteiger partial charge in [-0.1, -0.05) is 0 Å². The molecule has 0 radical (unpaired) electrons. The van der Waals surface area contributed by atoms with Crippen LogP contribution >= 0.6 is 0 Å². The van der Waals surface area contributed by atoms with E-state index in [2.05, 4.69) is 10.4 Å². The number of nitrogens with zero attached hydrogens (tertiary/aromatic N) is 1. The average Bonchev–Trinajstić information content (AvgIpc) is 2.68. The molecule has 0 unspecified atom stereocenters. The number of benzene rings is 1. The minimum absolute atomic E-state index is 0.0918. The highest BCUT2D eigenvalue weighted by molar-refractivity contribution is 6.04. The first-order valence-corrected chi connectivity index (χ1v) is 5.38. The Kier molecular flexibility index (Phi) is 3.19. The van der Waals surface area contributed by atoms with E-state index < -0.39 is 17.4 Å². The number of anilines is 1. The second kappa shape index (κ2) is 4.81. The van der Waals surface area contributed by atoms with Crippen LogP contribution in [0.4, 0.5) is 5.69 Å². The number of aromatic carboxylic acids is 1. The highest BCUT2D eigenvalue weighted by Crippen LogP contribution is 2.07. The van der Waals surface area contributed by atoms with Crippen LogP contribution in [0.25, 0.3) is 0 Å². The summed E-state index contributed by atoms with van der Waals surface area (Å²) in [6, 6.07) is 5.42. The van der Waals surface area contributed by atoms with Crippen LogP contribution in [0.5, 0.6) is 0 Å². The monoisotopic (exact) mass is 261 g/mol. The molecule has 2 aromatic rings. The third-order valence-corrected chi connectivity index (χ3v) is 2.49. The molecular weight excluding hydrogens is 250 g/mol. The molecule has 0 aliphatic carbocycles. The topological polar surface area (TPSA) is 104 Å². The van der Waals surface area contributed by atoms with Gasteiger partial charge in [0, 0.05) is 12.6 Å². The Bertz CT molecular complexity index is 682. The summed E-state index contributed by atoms with van der Waals surface area (Å²) < 4.78 is 1.42. The van der Waals surface area contributed by atoms with Crippen molar-refractivity contribution < 1.29 is 14.7 Å². The molecule has 0 atom stereocenters. The number of aromatic nitrogens is 2. The Balaban J connectivity index is 2.18. The fourth-order valence-corrected chi connectivity index (χ4v) is 1.55. The number of rotatable bonds is 3. The number of hydrogen-bond donors (Lipinski definition) is 3. The lowest BCUT2D eigenvalue weighted by atomic mass is 10.1. The van der Waals surface area contributed by atoms with E-state index in [9.17, 15) is 14.4 Å². The van der Waals surface area contributed by atoms with E-state index in [0.29, 0.717) is 0 Å². The van der Waals surface area contributed by atoms with Gasteiger partial charge in [-0.15, -0.1) is 0 Å². The zero-order valence-electron chi connectivity index (χ0n) is 10.0. The van der Waals surface area contributed by atoms with Crippen molar-refractivity contribution in [2.75, 3.05) is 5.32 Å². The molecule has 0 fully saturated rings. The van der Waals surface area contributed by atoms with Gasteiger partial charge >= 0.3 is 5.97 Å². The molecule has 0 saturated carbocycles. The molecular formula is C12H11N3O4. The molecule has 98 valence electrons. The van der Waals surface area contributed by atoms with E-state index in [0.717, 1.165) is 0 Å². The second-order valence-electron chi connectivity index (χ2n) is 3.93. The predicted molar refractivity (Wildman–Crippen MR) is 67.4 cm³/mol.